The fourth-order valence-electron chi connectivity index (χ4n) is 2.75. The van der Waals surface area contributed by atoms with E-state index in [-0.39, 0.29) is 11.8 Å². The van der Waals surface area contributed by atoms with Gasteiger partial charge in [0.1, 0.15) is 6.04 Å². The molecule has 1 heterocycles. The number of benzene rings is 1. The number of halogens is 1. The van der Waals surface area contributed by atoms with Crippen LogP contribution in [-0.4, -0.2) is 47.8 Å². The van der Waals surface area contributed by atoms with Crippen molar-refractivity contribution in [2.75, 3.05) is 13.2 Å². The van der Waals surface area contributed by atoms with Crippen LogP contribution in [-0.2, 0) is 19.1 Å². The normalized spacial score (nSPS) is 15.0. The van der Waals surface area contributed by atoms with Crippen LogP contribution in [0.15, 0.2) is 24.3 Å². The van der Waals surface area contributed by atoms with Crippen molar-refractivity contribution in [2.45, 2.75) is 39.2 Å². The van der Waals surface area contributed by atoms with E-state index in [0.29, 0.717) is 36.4 Å². The molecule has 0 aromatic heterocycles. The van der Waals surface area contributed by atoms with E-state index in [1.807, 2.05) is 13.8 Å². The molecule has 0 spiro atoms. The Labute approximate surface area is 163 Å². The average molecular weight is 395 g/mol. The van der Waals surface area contributed by atoms with Crippen molar-refractivity contribution in [3.05, 3.63) is 34.9 Å². The first-order chi connectivity index (χ1) is 12.8. The van der Waals surface area contributed by atoms with Crippen LogP contribution in [0, 0.1) is 5.92 Å². The molecule has 1 N–H and O–H groups in total. The number of ether oxygens (including phenoxy) is 1. The molecule has 0 unspecified atom stereocenters. The van der Waals surface area contributed by atoms with Crippen LogP contribution in [0.3, 0.4) is 0 Å². The van der Waals surface area contributed by atoms with Crippen LogP contribution < -0.4 is 5.32 Å². The summed E-state index contributed by atoms with van der Waals surface area (Å²) < 4.78 is 5.07. The van der Waals surface area contributed by atoms with Gasteiger partial charge in [-0.15, -0.1) is 0 Å². The molecular formula is C19H23ClN2O5. The van der Waals surface area contributed by atoms with Gasteiger partial charge >= 0.3 is 5.97 Å². The molecule has 1 fully saturated rings. The highest BCUT2D eigenvalue weighted by Crippen LogP contribution is 2.13. The van der Waals surface area contributed by atoms with Crippen molar-refractivity contribution in [2.24, 2.45) is 5.92 Å². The van der Waals surface area contributed by atoms with Crippen LogP contribution in [0.4, 0.5) is 0 Å². The number of nitrogens with zero attached hydrogens (tertiary/aromatic N) is 1. The van der Waals surface area contributed by atoms with Gasteiger partial charge in [0.2, 0.25) is 5.91 Å². The molecule has 1 aromatic carbocycles. The van der Waals surface area contributed by atoms with Gasteiger partial charge in [0.15, 0.2) is 6.61 Å². The second-order valence-electron chi connectivity index (χ2n) is 6.81. The zero-order chi connectivity index (χ0) is 20.0. The predicted octanol–water partition coefficient (Wildman–Crippen LogP) is 2.18. The number of hydrogen-bond donors (Lipinski definition) is 1. The van der Waals surface area contributed by atoms with Crippen molar-refractivity contribution in [3.63, 3.8) is 0 Å². The van der Waals surface area contributed by atoms with E-state index in [0.717, 1.165) is 4.90 Å². The number of nitrogens with one attached hydrogen (secondary N) is 1. The van der Waals surface area contributed by atoms with E-state index in [2.05, 4.69) is 5.32 Å². The lowest BCUT2D eigenvalue weighted by atomic mass is 10.0. The fraction of sp³-hybridized carbons (Fsp3) is 0.474. The van der Waals surface area contributed by atoms with E-state index in [1.54, 1.807) is 24.3 Å². The molecule has 146 valence electrons. The lowest BCUT2D eigenvalue weighted by Gasteiger charge is -2.20. The molecule has 1 aliphatic heterocycles. The summed E-state index contributed by atoms with van der Waals surface area (Å²) in [6, 6.07) is 5.38. The van der Waals surface area contributed by atoms with E-state index in [1.165, 1.54) is 0 Å². The van der Waals surface area contributed by atoms with Crippen molar-refractivity contribution in [1.82, 2.24) is 10.2 Å². The lowest BCUT2D eigenvalue weighted by molar-refractivity contribution is -0.156. The summed E-state index contributed by atoms with van der Waals surface area (Å²) in [6.07, 6.45) is 1.30. The third-order valence-corrected chi connectivity index (χ3v) is 4.37. The topological polar surface area (TPSA) is 92.8 Å². The summed E-state index contributed by atoms with van der Waals surface area (Å²) in [7, 11) is 0. The summed E-state index contributed by atoms with van der Waals surface area (Å²) in [5, 5.41) is 3.14. The Morgan fingerprint density at radius 1 is 1.22 bits per heavy atom. The number of hydrogen-bond acceptors (Lipinski definition) is 5. The molecule has 7 nitrogen and oxygen atoms in total. The molecule has 0 radical (unpaired) electrons. The first-order valence-electron chi connectivity index (χ1n) is 8.84. The van der Waals surface area contributed by atoms with Crippen molar-refractivity contribution in [1.29, 1.82) is 0 Å². The first kappa shape index (κ1) is 20.9. The molecule has 1 aromatic rings. The van der Waals surface area contributed by atoms with Crippen molar-refractivity contribution in [3.8, 4) is 0 Å². The van der Waals surface area contributed by atoms with Crippen LogP contribution in [0.2, 0.25) is 5.02 Å². The molecule has 0 aliphatic carbocycles. The molecule has 0 saturated carbocycles. The zero-order valence-corrected chi connectivity index (χ0v) is 16.1. The Balaban J connectivity index is 1.96. The second-order valence-corrected chi connectivity index (χ2v) is 7.25. The van der Waals surface area contributed by atoms with E-state index in [4.69, 9.17) is 16.3 Å². The van der Waals surface area contributed by atoms with Crippen LogP contribution in [0.5, 0.6) is 0 Å². The van der Waals surface area contributed by atoms with Gasteiger partial charge in [-0.2, -0.15) is 0 Å². The van der Waals surface area contributed by atoms with Gasteiger partial charge in [0, 0.05) is 23.6 Å². The minimum Gasteiger partial charge on any atom is -0.454 e. The van der Waals surface area contributed by atoms with Crippen molar-refractivity contribution < 1.29 is 23.9 Å². The molecular weight excluding hydrogens is 372 g/mol. The number of imide groups is 1. The van der Waals surface area contributed by atoms with Gasteiger partial charge in [0.05, 0.1) is 0 Å². The Morgan fingerprint density at radius 3 is 2.44 bits per heavy atom. The van der Waals surface area contributed by atoms with E-state index < -0.39 is 30.4 Å². The van der Waals surface area contributed by atoms with Crippen molar-refractivity contribution >= 4 is 35.3 Å². The minimum absolute atomic E-state index is 0.115. The van der Waals surface area contributed by atoms with Gasteiger partial charge in [-0.1, -0.05) is 25.4 Å². The summed E-state index contributed by atoms with van der Waals surface area (Å²) in [5.41, 5.74) is 0.361. The molecule has 1 aliphatic rings. The Hall–Kier alpha value is -2.41. The summed E-state index contributed by atoms with van der Waals surface area (Å²) in [4.78, 5) is 49.4. The summed E-state index contributed by atoms with van der Waals surface area (Å²) in [6.45, 7) is 3.64. The summed E-state index contributed by atoms with van der Waals surface area (Å²) >= 11 is 5.81. The van der Waals surface area contributed by atoms with Gasteiger partial charge in [0.25, 0.3) is 11.8 Å². The average Bonchev–Trinajstić information content (AvgIpc) is 3.05. The Bertz CT molecular complexity index is 717. The predicted molar refractivity (Wildman–Crippen MR) is 99.1 cm³/mol. The lowest BCUT2D eigenvalue weighted by Crippen LogP contribution is -2.44. The molecule has 1 atom stereocenters. The maximum atomic E-state index is 12.4. The van der Waals surface area contributed by atoms with Crippen LogP contribution in [0.25, 0.3) is 0 Å². The largest absolute Gasteiger partial charge is 0.454 e. The third-order valence-electron chi connectivity index (χ3n) is 4.12. The number of carbonyl (C=O) groups excluding carboxylic acids is 4. The molecule has 3 amide bonds. The molecule has 27 heavy (non-hydrogen) atoms. The molecule has 8 heteroatoms. The highest BCUT2D eigenvalue weighted by molar-refractivity contribution is 6.30. The molecule has 1 saturated heterocycles. The smallest absolute Gasteiger partial charge is 0.329 e. The SMILES string of the molecule is CC(C)C[C@@H](NC(=O)c1ccc(Cl)cc1)C(=O)OCC(=O)N1CCCC1=O. The van der Waals surface area contributed by atoms with Crippen LogP contribution in [0.1, 0.15) is 43.5 Å². The number of amides is 3. The Kier molecular flexibility index (Phi) is 7.36. The van der Waals surface area contributed by atoms with Gasteiger partial charge in [-0.05, 0) is 43.0 Å². The third kappa shape index (κ3) is 6.06. The molecule has 0 bridgehead atoms. The minimum atomic E-state index is -0.893. The number of carbonyl (C=O) groups is 4. The summed E-state index contributed by atoms with van der Waals surface area (Å²) in [5.74, 6) is -1.82. The Morgan fingerprint density at radius 2 is 1.89 bits per heavy atom. The number of esters is 1. The highest BCUT2D eigenvalue weighted by Gasteiger charge is 2.29. The van der Waals surface area contributed by atoms with E-state index in [9.17, 15) is 19.2 Å². The van der Waals surface area contributed by atoms with Gasteiger partial charge in [-0.3, -0.25) is 19.3 Å². The number of likely N-dealkylation sites (tertiary alicyclic amines) is 1. The highest BCUT2D eigenvalue weighted by atomic mass is 35.5. The van der Waals surface area contributed by atoms with Crippen LogP contribution >= 0.6 is 11.6 Å². The standard InChI is InChI=1S/C19H23ClN2O5/c1-12(2)10-15(21-18(25)13-5-7-14(20)8-6-13)19(26)27-11-17(24)22-9-3-4-16(22)23/h5-8,12,15H,3-4,9-11H2,1-2H3,(H,21,25)/t15-/m1/s1. The second kappa shape index (κ2) is 9.50. The van der Waals surface area contributed by atoms with Gasteiger partial charge in [-0.25, -0.2) is 4.79 Å². The maximum Gasteiger partial charge on any atom is 0.329 e. The fourth-order valence-corrected chi connectivity index (χ4v) is 2.88. The number of rotatable bonds is 7. The van der Waals surface area contributed by atoms with Gasteiger partial charge < -0.3 is 10.1 Å². The first-order valence-corrected chi connectivity index (χ1v) is 9.22. The monoisotopic (exact) mass is 394 g/mol. The zero-order valence-electron chi connectivity index (χ0n) is 15.4. The quantitative estimate of drug-likeness (QED) is 0.715. The molecule has 2 rings (SSSR count). The van der Waals surface area contributed by atoms with E-state index >= 15 is 0 Å². The maximum absolute atomic E-state index is 12.4.